The van der Waals surface area contributed by atoms with Gasteiger partial charge in [0.1, 0.15) is 16.8 Å². The van der Waals surface area contributed by atoms with Crippen LogP contribution in [-0.2, 0) is 0 Å². The Morgan fingerprint density at radius 1 is 1.13 bits per heavy atom. The predicted molar refractivity (Wildman–Crippen MR) is 96.8 cm³/mol. The minimum Gasteiger partial charge on any atom is -0.508 e. The largest absolute Gasteiger partial charge is 0.508 e. The van der Waals surface area contributed by atoms with E-state index in [4.69, 9.17) is 0 Å². The summed E-state index contributed by atoms with van der Waals surface area (Å²) in [6.07, 6.45) is 1.77. The minimum absolute atomic E-state index is 0.201. The lowest BCUT2D eigenvalue weighted by molar-refractivity contribution is 0.475. The summed E-state index contributed by atoms with van der Waals surface area (Å²) < 4.78 is 1.02. The molecular formula is C18H11BrN2OS. The molecule has 0 bridgehead atoms. The van der Waals surface area contributed by atoms with Crippen LogP contribution < -0.4 is 0 Å². The molecule has 0 amide bonds. The molecule has 0 fully saturated rings. The molecule has 0 spiro atoms. The molecule has 0 saturated heterocycles. The minimum atomic E-state index is 0.201. The fraction of sp³-hybridized carbons (Fsp3) is 0. The molecule has 3 rings (SSSR count). The summed E-state index contributed by atoms with van der Waals surface area (Å²) in [5.41, 5.74) is 3.21. The van der Waals surface area contributed by atoms with E-state index in [0.717, 1.165) is 21.3 Å². The Morgan fingerprint density at radius 2 is 1.83 bits per heavy atom. The molecule has 23 heavy (non-hydrogen) atoms. The van der Waals surface area contributed by atoms with Crippen LogP contribution in [0.15, 0.2) is 58.4 Å². The Bertz CT molecular complexity index is 890. The molecule has 0 aliphatic rings. The molecule has 0 radical (unpaired) electrons. The van der Waals surface area contributed by atoms with E-state index in [1.54, 1.807) is 30.3 Å². The van der Waals surface area contributed by atoms with Crippen LogP contribution in [0.1, 0.15) is 10.6 Å². The zero-order valence-electron chi connectivity index (χ0n) is 11.9. The van der Waals surface area contributed by atoms with Gasteiger partial charge in [-0.2, -0.15) is 5.26 Å². The highest BCUT2D eigenvalue weighted by Crippen LogP contribution is 2.28. The van der Waals surface area contributed by atoms with Crippen molar-refractivity contribution in [2.45, 2.75) is 0 Å². The second kappa shape index (κ2) is 6.78. The maximum atomic E-state index is 9.40. The average molecular weight is 383 g/mol. The van der Waals surface area contributed by atoms with Crippen molar-refractivity contribution in [3.8, 4) is 23.1 Å². The van der Waals surface area contributed by atoms with E-state index in [0.29, 0.717) is 10.6 Å². The van der Waals surface area contributed by atoms with Gasteiger partial charge in [0.15, 0.2) is 0 Å². The molecule has 2 aromatic carbocycles. The van der Waals surface area contributed by atoms with Crippen LogP contribution in [0.4, 0.5) is 0 Å². The Morgan fingerprint density at radius 3 is 2.48 bits per heavy atom. The van der Waals surface area contributed by atoms with E-state index in [9.17, 15) is 10.4 Å². The molecule has 112 valence electrons. The van der Waals surface area contributed by atoms with Crippen molar-refractivity contribution in [1.29, 1.82) is 5.26 Å². The maximum Gasteiger partial charge on any atom is 0.134 e. The molecule has 0 saturated carbocycles. The zero-order chi connectivity index (χ0) is 16.2. The first kappa shape index (κ1) is 15.5. The zero-order valence-corrected chi connectivity index (χ0v) is 14.3. The number of phenols is 1. The van der Waals surface area contributed by atoms with Crippen molar-refractivity contribution in [2.75, 3.05) is 0 Å². The summed E-state index contributed by atoms with van der Waals surface area (Å²) >= 11 is 4.85. The third kappa shape index (κ3) is 3.67. The summed E-state index contributed by atoms with van der Waals surface area (Å²) in [5.74, 6) is 0.201. The highest BCUT2D eigenvalue weighted by Gasteiger charge is 2.09. The number of benzene rings is 2. The van der Waals surface area contributed by atoms with Crippen molar-refractivity contribution in [3.05, 3.63) is 69.0 Å². The lowest BCUT2D eigenvalue weighted by Crippen LogP contribution is -1.83. The van der Waals surface area contributed by atoms with Crippen molar-refractivity contribution < 1.29 is 5.11 Å². The van der Waals surface area contributed by atoms with Crippen LogP contribution in [0.25, 0.3) is 22.9 Å². The van der Waals surface area contributed by atoms with Gasteiger partial charge in [-0.1, -0.05) is 40.2 Å². The molecule has 5 heteroatoms. The number of aromatic hydroxyl groups is 1. The fourth-order valence-electron chi connectivity index (χ4n) is 2.03. The van der Waals surface area contributed by atoms with Crippen molar-refractivity contribution >= 4 is 38.9 Å². The first-order valence-corrected chi connectivity index (χ1v) is 8.45. The topological polar surface area (TPSA) is 56.9 Å². The summed E-state index contributed by atoms with van der Waals surface area (Å²) in [6.45, 7) is 0. The van der Waals surface area contributed by atoms with Gasteiger partial charge >= 0.3 is 0 Å². The number of nitrogens with zero attached hydrogens (tertiary/aromatic N) is 2. The third-order valence-corrected chi connectivity index (χ3v) is 4.60. The van der Waals surface area contributed by atoms with Gasteiger partial charge in [-0.15, -0.1) is 11.3 Å². The van der Waals surface area contributed by atoms with Crippen molar-refractivity contribution in [1.82, 2.24) is 4.98 Å². The van der Waals surface area contributed by atoms with Gasteiger partial charge in [-0.05, 0) is 35.9 Å². The third-order valence-electron chi connectivity index (χ3n) is 3.20. The first-order chi connectivity index (χ1) is 11.2. The van der Waals surface area contributed by atoms with E-state index in [1.807, 2.05) is 29.6 Å². The lowest BCUT2D eigenvalue weighted by atomic mass is 10.1. The van der Waals surface area contributed by atoms with E-state index in [-0.39, 0.29) is 5.75 Å². The number of rotatable bonds is 3. The highest BCUT2D eigenvalue weighted by atomic mass is 79.9. The van der Waals surface area contributed by atoms with Crippen LogP contribution in [0.2, 0.25) is 0 Å². The quantitative estimate of drug-likeness (QED) is 0.621. The van der Waals surface area contributed by atoms with E-state index in [2.05, 4.69) is 27.0 Å². The highest BCUT2D eigenvalue weighted by molar-refractivity contribution is 9.10. The van der Waals surface area contributed by atoms with Gasteiger partial charge in [0.2, 0.25) is 0 Å². The first-order valence-electron chi connectivity index (χ1n) is 6.78. The maximum absolute atomic E-state index is 9.40. The van der Waals surface area contributed by atoms with Gasteiger partial charge in [0, 0.05) is 15.4 Å². The second-order valence-corrected chi connectivity index (χ2v) is 6.58. The van der Waals surface area contributed by atoms with Crippen molar-refractivity contribution in [2.24, 2.45) is 0 Å². The molecule has 0 aliphatic heterocycles. The second-order valence-electron chi connectivity index (χ2n) is 4.81. The molecule has 1 aromatic heterocycles. The smallest absolute Gasteiger partial charge is 0.134 e. The SMILES string of the molecule is N#CC(=Cc1ccc(O)cc1)c1nc(-c2ccc(Br)cc2)cs1. The van der Waals surface area contributed by atoms with Gasteiger partial charge in [-0.25, -0.2) is 4.98 Å². The van der Waals surface area contributed by atoms with Crippen molar-refractivity contribution in [3.63, 3.8) is 0 Å². The number of aromatic nitrogens is 1. The molecule has 0 atom stereocenters. The molecule has 0 unspecified atom stereocenters. The van der Waals surface area contributed by atoms with E-state index < -0.39 is 0 Å². The van der Waals surface area contributed by atoms with E-state index in [1.165, 1.54) is 11.3 Å². The van der Waals surface area contributed by atoms with E-state index >= 15 is 0 Å². The summed E-state index contributed by atoms with van der Waals surface area (Å²) in [6, 6.07) is 16.8. The Kier molecular flexibility index (Phi) is 4.56. The molecule has 1 heterocycles. The summed E-state index contributed by atoms with van der Waals surface area (Å²) in [5, 5.41) is 21.3. The number of hydrogen-bond acceptors (Lipinski definition) is 4. The van der Waals surface area contributed by atoms with Crippen LogP contribution in [-0.4, -0.2) is 10.1 Å². The van der Waals surface area contributed by atoms with Crippen LogP contribution >= 0.6 is 27.3 Å². The number of nitriles is 1. The summed E-state index contributed by atoms with van der Waals surface area (Å²) in [4.78, 5) is 4.56. The number of halogens is 1. The van der Waals surface area contributed by atoms with Gasteiger partial charge in [0.25, 0.3) is 0 Å². The molecular weight excluding hydrogens is 372 g/mol. The lowest BCUT2D eigenvalue weighted by Gasteiger charge is -1.97. The number of thiazole rings is 1. The molecule has 1 N–H and O–H groups in total. The fourth-order valence-corrected chi connectivity index (χ4v) is 3.09. The number of phenolic OH excluding ortho intramolecular Hbond substituents is 1. The normalized spacial score (nSPS) is 11.2. The standard InChI is InChI=1S/C18H11BrN2OS/c19-15-5-3-13(4-6-15)17-11-23-18(21-17)14(10-20)9-12-1-7-16(22)8-2-12/h1-9,11,22H. The Labute approximate surface area is 146 Å². The molecule has 3 nitrogen and oxygen atoms in total. The van der Waals surface area contributed by atoms with Gasteiger partial charge in [-0.3, -0.25) is 0 Å². The summed E-state index contributed by atoms with van der Waals surface area (Å²) in [7, 11) is 0. The predicted octanol–water partition coefficient (Wildman–Crippen LogP) is 5.34. The molecule has 3 aromatic rings. The van der Waals surface area contributed by atoms with Crippen LogP contribution in [0.5, 0.6) is 5.75 Å². The van der Waals surface area contributed by atoms with Crippen LogP contribution in [0, 0.1) is 11.3 Å². The Hall–Kier alpha value is -2.42. The monoisotopic (exact) mass is 382 g/mol. The number of hydrogen-bond donors (Lipinski definition) is 1. The van der Waals surface area contributed by atoms with Gasteiger partial charge < -0.3 is 5.11 Å². The number of allylic oxidation sites excluding steroid dienone is 1. The van der Waals surface area contributed by atoms with Gasteiger partial charge in [0.05, 0.1) is 11.3 Å². The molecule has 0 aliphatic carbocycles. The Balaban J connectivity index is 1.92. The average Bonchev–Trinajstić information content (AvgIpc) is 3.05. The van der Waals surface area contributed by atoms with Crippen LogP contribution in [0.3, 0.4) is 0 Å².